The molecule has 0 spiro atoms. The quantitative estimate of drug-likeness (QED) is 0.186. The average Bonchev–Trinajstić information content (AvgIpc) is 2.81. The van der Waals surface area contributed by atoms with Gasteiger partial charge in [0.2, 0.25) is 0 Å². The Bertz CT molecular complexity index is 1810. The zero-order valence-electron chi connectivity index (χ0n) is 18.6. The van der Waals surface area contributed by atoms with Gasteiger partial charge in [0.15, 0.2) is 21.4 Å². The van der Waals surface area contributed by atoms with E-state index in [0.29, 0.717) is 0 Å². The standard InChI is InChI=1S/C22H18N2O10S3/c23-20-17(37(32,33)34)11-16(18-19(20)22(26)15-7-2-1-6-14(15)21(18)25)24-12-4-3-5-13(10-12)35(27,28)8-9-36(29,30)31/h1-7,10-11,24H,8-9,23H2,(H,29,30,31)(H,32,33,34). The van der Waals surface area contributed by atoms with Crippen LogP contribution in [0.4, 0.5) is 17.1 Å². The zero-order chi connectivity index (χ0) is 27.3. The Morgan fingerprint density at radius 3 is 1.92 bits per heavy atom. The van der Waals surface area contributed by atoms with E-state index in [0.717, 1.165) is 18.2 Å². The van der Waals surface area contributed by atoms with Crippen LogP contribution in [0.25, 0.3) is 0 Å². The molecule has 0 bridgehead atoms. The summed E-state index contributed by atoms with van der Waals surface area (Å²) in [6, 6.07) is 11.5. The molecule has 0 atom stereocenters. The lowest BCUT2D eigenvalue weighted by Gasteiger charge is -2.23. The summed E-state index contributed by atoms with van der Waals surface area (Å²) in [5.41, 5.74) is 4.34. The Balaban J connectivity index is 1.87. The molecule has 0 fully saturated rings. The van der Waals surface area contributed by atoms with Crippen LogP contribution in [0.5, 0.6) is 0 Å². The first kappa shape index (κ1) is 26.4. The number of nitrogens with two attached hydrogens (primary N) is 1. The largest absolute Gasteiger partial charge is 0.397 e. The molecular weight excluding hydrogens is 548 g/mol. The summed E-state index contributed by atoms with van der Waals surface area (Å²) < 4.78 is 89.7. The van der Waals surface area contributed by atoms with Gasteiger partial charge in [0.1, 0.15) is 4.90 Å². The number of ketones is 2. The van der Waals surface area contributed by atoms with Crippen LogP contribution in [0, 0.1) is 0 Å². The number of carbonyl (C=O) groups is 2. The van der Waals surface area contributed by atoms with Crippen LogP contribution in [0.15, 0.2) is 64.4 Å². The average molecular weight is 567 g/mol. The Morgan fingerprint density at radius 2 is 1.35 bits per heavy atom. The number of hydrogen-bond donors (Lipinski definition) is 4. The number of nitrogen functional groups attached to an aromatic ring is 1. The molecule has 0 heterocycles. The fourth-order valence-electron chi connectivity index (χ4n) is 3.86. The van der Waals surface area contributed by atoms with E-state index >= 15 is 0 Å². The summed E-state index contributed by atoms with van der Waals surface area (Å²) in [6.45, 7) is 0. The summed E-state index contributed by atoms with van der Waals surface area (Å²) in [5.74, 6) is -3.37. The molecule has 0 aromatic heterocycles. The van der Waals surface area contributed by atoms with Crippen LogP contribution in [-0.4, -0.2) is 57.4 Å². The van der Waals surface area contributed by atoms with Gasteiger partial charge in [-0.05, 0) is 24.3 Å². The molecule has 0 radical (unpaired) electrons. The molecule has 5 N–H and O–H groups in total. The van der Waals surface area contributed by atoms with E-state index in [-0.39, 0.29) is 33.0 Å². The van der Waals surface area contributed by atoms with Gasteiger partial charge in [0, 0.05) is 16.8 Å². The number of benzene rings is 3. The van der Waals surface area contributed by atoms with E-state index in [9.17, 15) is 39.4 Å². The van der Waals surface area contributed by atoms with Crippen LogP contribution in [0.2, 0.25) is 0 Å². The first-order valence-electron chi connectivity index (χ1n) is 10.3. The van der Waals surface area contributed by atoms with E-state index < -0.39 is 69.3 Å². The molecule has 1 aliphatic carbocycles. The molecule has 12 nitrogen and oxygen atoms in total. The number of sulfone groups is 1. The maximum absolute atomic E-state index is 13.3. The lowest BCUT2D eigenvalue weighted by Crippen LogP contribution is -2.25. The van der Waals surface area contributed by atoms with Crippen molar-refractivity contribution in [2.24, 2.45) is 0 Å². The van der Waals surface area contributed by atoms with Crippen molar-refractivity contribution in [2.75, 3.05) is 22.6 Å². The molecule has 194 valence electrons. The number of nitrogens with one attached hydrogen (secondary N) is 1. The maximum atomic E-state index is 13.3. The third kappa shape index (κ3) is 5.12. The lowest BCUT2D eigenvalue weighted by atomic mass is 9.82. The van der Waals surface area contributed by atoms with Crippen molar-refractivity contribution in [2.45, 2.75) is 9.79 Å². The van der Waals surface area contributed by atoms with Crippen molar-refractivity contribution in [3.63, 3.8) is 0 Å². The minimum absolute atomic E-state index is 0.0142. The highest BCUT2D eigenvalue weighted by Crippen LogP contribution is 2.40. The fraction of sp³-hybridized carbons (Fsp3) is 0.0909. The second kappa shape index (κ2) is 9.04. The summed E-state index contributed by atoms with van der Waals surface area (Å²) in [4.78, 5) is 25.4. The number of fused-ring (bicyclic) bond motifs is 2. The molecule has 37 heavy (non-hydrogen) atoms. The van der Waals surface area contributed by atoms with Crippen molar-refractivity contribution >= 4 is 58.7 Å². The van der Waals surface area contributed by atoms with E-state index in [1.807, 2.05) is 0 Å². The maximum Gasteiger partial charge on any atom is 0.296 e. The zero-order valence-corrected chi connectivity index (χ0v) is 21.0. The SMILES string of the molecule is Nc1c(S(=O)(=O)O)cc(Nc2cccc(S(=O)(=O)CCS(=O)(=O)O)c2)c2c1C(=O)c1ccccc1C2=O. The topological polar surface area (TPSA) is 215 Å². The van der Waals surface area contributed by atoms with Gasteiger partial charge in [-0.25, -0.2) is 8.42 Å². The van der Waals surface area contributed by atoms with Crippen molar-refractivity contribution in [3.8, 4) is 0 Å². The van der Waals surface area contributed by atoms with Crippen LogP contribution >= 0.6 is 0 Å². The number of rotatable bonds is 7. The molecular formula is C22H18N2O10S3. The highest BCUT2D eigenvalue weighted by molar-refractivity contribution is 7.93. The third-order valence-electron chi connectivity index (χ3n) is 5.56. The van der Waals surface area contributed by atoms with Gasteiger partial charge in [-0.3, -0.25) is 18.7 Å². The second-order valence-electron chi connectivity index (χ2n) is 8.02. The van der Waals surface area contributed by atoms with Gasteiger partial charge >= 0.3 is 0 Å². The second-order valence-corrected chi connectivity index (χ2v) is 13.1. The van der Waals surface area contributed by atoms with Gasteiger partial charge in [0.25, 0.3) is 20.2 Å². The summed E-state index contributed by atoms with van der Waals surface area (Å²) in [5, 5.41) is 2.70. The van der Waals surface area contributed by atoms with Gasteiger partial charge < -0.3 is 11.1 Å². The lowest BCUT2D eigenvalue weighted by molar-refractivity contribution is 0.0980. The van der Waals surface area contributed by atoms with E-state index in [4.69, 9.17) is 10.3 Å². The highest BCUT2D eigenvalue weighted by Gasteiger charge is 2.36. The monoisotopic (exact) mass is 566 g/mol. The van der Waals surface area contributed by atoms with Gasteiger partial charge in [-0.15, -0.1) is 0 Å². The Hall–Kier alpha value is -3.63. The smallest absolute Gasteiger partial charge is 0.296 e. The predicted molar refractivity (Wildman–Crippen MR) is 132 cm³/mol. The number of hydrogen-bond acceptors (Lipinski definition) is 10. The molecule has 3 aromatic rings. The number of anilines is 3. The highest BCUT2D eigenvalue weighted by atomic mass is 32.2. The Morgan fingerprint density at radius 1 is 0.757 bits per heavy atom. The number of carbonyl (C=O) groups excluding carboxylic acids is 2. The van der Waals surface area contributed by atoms with Crippen LogP contribution in [-0.2, 0) is 30.1 Å². The first-order valence-corrected chi connectivity index (χ1v) is 15.0. The van der Waals surface area contributed by atoms with Crippen LogP contribution in [0.1, 0.15) is 31.8 Å². The molecule has 0 saturated heterocycles. The van der Waals surface area contributed by atoms with Crippen molar-refractivity contribution in [1.82, 2.24) is 0 Å². The minimum atomic E-state index is -4.96. The normalized spacial score (nSPS) is 13.7. The molecule has 3 aromatic carbocycles. The van der Waals surface area contributed by atoms with E-state index in [1.54, 1.807) is 0 Å². The molecule has 0 saturated carbocycles. The first-order chi connectivity index (χ1) is 17.1. The Labute approximate surface area is 211 Å². The van der Waals surface area contributed by atoms with Gasteiger partial charge in [-0.1, -0.05) is 30.3 Å². The van der Waals surface area contributed by atoms with Crippen LogP contribution in [0.3, 0.4) is 0 Å². The van der Waals surface area contributed by atoms with Gasteiger partial charge in [-0.2, -0.15) is 16.8 Å². The molecule has 4 rings (SSSR count). The van der Waals surface area contributed by atoms with Crippen molar-refractivity contribution in [3.05, 3.63) is 76.9 Å². The van der Waals surface area contributed by atoms with E-state index in [1.165, 1.54) is 36.4 Å². The molecule has 0 unspecified atom stereocenters. The summed E-state index contributed by atoms with van der Waals surface area (Å²) >= 11 is 0. The molecule has 0 aliphatic heterocycles. The van der Waals surface area contributed by atoms with Gasteiger partial charge in [0.05, 0.1) is 38.9 Å². The van der Waals surface area contributed by atoms with Crippen molar-refractivity contribution < 1.29 is 43.9 Å². The summed E-state index contributed by atoms with van der Waals surface area (Å²) in [7, 11) is -13.7. The summed E-state index contributed by atoms with van der Waals surface area (Å²) in [6.07, 6.45) is 0. The minimum Gasteiger partial charge on any atom is -0.397 e. The van der Waals surface area contributed by atoms with Crippen LogP contribution < -0.4 is 11.1 Å². The molecule has 1 aliphatic rings. The fourth-order valence-corrected chi connectivity index (χ4v) is 7.06. The molecule has 15 heteroatoms. The van der Waals surface area contributed by atoms with Crippen molar-refractivity contribution in [1.29, 1.82) is 0 Å². The predicted octanol–water partition coefficient (Wildman–Crippen LogP) is 1.70. The molecule has 0 amide bonds. The third-order valence-corrected chi connectivity index (χ3v) is 9.15. The van der Waals surface area contributed by atoms with E-state index in [2.05, 4.69) is 5.32 Å². The Kier molecular flexibility index (Phi) is 6.46.